The van der Waals surface area contributed by atoms with Crippen LogP contribution in [0.5, 0.6) is 0 Å². The molecule has 0 amide bonds. The molecule has 1 aromatic carbocycles. The van der Waals surface area contributed by atoms with Gasteiger partial charge in [-0.15, -0.1) is 0 Å². The molecule has 10 nitrogen and oxygen atoms in total. The second-order valence-electron chi connectivity index (χ2n) is 4.04. The van der Waals surface area contributed by atoms with Crippen LogP contribution in [0.15, 0.2) is 24.3 Å². The zero-order valence-electron chi connectivity index (χ0n) is 10.4. The van der Waals surface area contributed by atoms with Crippen molar-refractivity contribution in [3.63, 3.8) is 0 Å². The molecule has 11 heteroatoms. The number of carbonyl (C=O) groups is 1. The summed E-state index contributed by atoms with van der Waals surface area (Å²) in [5.41, 5.74) is -0.224. The van der Waals surface area contributed by atoms with Gasteiger partial charge in [0.1, 0.15) is 6.61 Å². The van der Waals surface area contributed by atoms with Gasteiger partial charge in [0.25, 0.3) is 5.69 Å². The quantitative estimate of drug-likeness (QED) is 0.465. The van der Waals surface area contributed by atoms with Gasteiger partial charge in [-0.1, -0.05) is 12.1 Å². The van der Waals surface area contributed by atoms with E-state index in [1.807, 2.05) is 0 Å². The Bertz CT molecular complexity index is 673. The molecule has 2 rings (SSSR count). The molecule has 2 N–H and O–H groups in total. The lowest BCUT2D eigenvalue weighted by Gasteiger charge is -2.14. The molecule has 0 saturated carbocycles. The van der Waals surface area contributed by atoms with Gasteiger partial charge in [0, 0.05) is 6.07 Å². The van der Waals surface area contributed by atoms with Crippen molar-refractivity contribution in [2.24, 2.45) is 5.14 Å². The number of hydrogen-bond acceptors (Lipinski definition) is 8. The Labute approximate surface area is 118 Å². The first kappa shape index (κ1) is 15.2. The third-order valence-corrected chi connectivity index (χ3v) is 3.11. The van der Waals surface area contributed by atoms with E-state index in [4.69, 9.17) is 9.47 Å². The average molecular weight is 318 g/mol. The standard InChI is InChI=1S/C10H10N2O8S/c11-21(16,17)18-5-8-9(20-10(13)19-8)6-3-1-2-4-7(6)12(14)15/h1-4,8-9H,5H2,(H2,11,16,17). The van der Waals surface area contributed by atoms with Crippen LogP contribution in [0.2, 0.25) is 0 Å². The first-order chi connectivity index (χ1) is 9.78. The molecule has 1 fully saturated rings. The van der Waals surface area contributed by atoms with Gasteiger partial charge >= 0.3 is 16.5 Å². The number of nitro groups is 1. The summed E-state index contributed by atoms with van der Waals surface area (Å²) in [6.07, 6.45) is -3.42. The Morgan fingerprint density at radius 2 is 2.00 bits per heavy atom. The second kappa shape index (κ2) is 5.63. The molecule has 0 radical (unpaired) electrons. The van der Waals surface area contributed by atoms with Gasteiger partial charge in [-0.2, -0.15) is 8.42 Å². The molecule has 1 aromatic rings. The van der Waals surface area contributed by atoms with Crippen LogP contribution in [0, 0.1) is 10.1 Å². The molecule has 1 heterocycles. The van der Waals surface area contributed by atoms with Crippen LogP contribution in [0.25, 0.3) is 0 Å². The molecule has 0 aliphatic carbocycles. The van der Waals surface area contributed by atoms with Crippen LogP contribution in [-0.4, -0.2) is 32.2 Å². The number of nitrogens with zero attached hydrogens (tertiary/aromatic N) is 1. The summed E-state index contributed by atoms with van der Waals surface area (Å²) in [4.78, 5) is 21.5. The maximum atomic E-state index is 11.2. The minimum atomic E-state index is -4.24. The lowest BCUT2D eigenvalue weighted by molar-refractivity contribution is -0.386. The fourth-order valence-electron chi connectivity index (χ4n) is 1.83. The van der Waals surface area contributed by atoms with Crippen molar-refractivity contribution in [1.29, 1.82) is 0 Å². The molecule has 2 unspecified atom stereocenters. The third kappa shape index (κ3) is 3.65. The van der Waals surface area contributed by atoms with Crippen molar-refractivity contribution in [1.82, 2.24) is 0 Å². The Balaban J connectivity index is 2.28. The minimum absolute atomic E-state index is 0.0661. The van der Waals surface area contributed by atoms with Gasteiger partial charge in [-0.05, 0) is 6.07 Å². The van der Waals surface area contributed by atoms with E-state index in [-0.39, 0.29) is 11.3 Å². The van der Waals surface area contributed by atoms with Crippen molar-refractivity contribution in [2.75, 3.05) is 6.61 Å². The van der Waals surface area contributed by atoms with Crippen molar-refractivity contribution in [2.45, 2.75) is 12.2 Å². The predicted octanol–water partition coefficient (Wildman–Crippen LogP) is 0.391. The summed E-state index contributed by atoms with van der Waals surface area (Å²) in [6.45, 7) is -0.610. The van der Waals surface area contributed by atoms with Gasteiger partial charge in [-0.25, -0.2) is 9.93 Å². The molecule has 114 valence electrons. The summed E-state index contributed by atoms with van der Waals surface area (Å²) < 4.78 is 35.4. The van der Waals surface area contributed by atoms with Crippen LogP contribution in [-0.2, 0) is 24.0 Å². The topological polar surface area (TPSA) is 148 Å². The van der Waals surface area contributed by atoms with Gasteiger partial charge in [-0.3, -0.25) is 14.3 Å². The number of carbonyl (C=O) groups excluding carboxylic acids is 1. The van der Waals surface area contributed by atoms with E-state index < -0.39 is 40.2 Å². The van der Waals surface area contributed by atoms with E-state index in [0.29, 0.717) is 0 Å². The summed E-state index contributed by atoms with van der Waals surface area (Å²) in [7, 11) is -4.24. The van der Waals surface area contributed by atoms with Crippen molar-refractivity contribution < 1.29 is 31.8 Å². The van der Waals surface area contributed by atoms with Crippen LogP contribution in [0.1, 0.15) is 11.7 Å². The first-order valence-corrected chi connectivity index (χ1v) is 7.03. The largest absolute Gasteiger partial charge is 0.509 e. The number of nitro benzene ring substituents is 1. The highest BCUT2D eigenvalue weighted by atomic mass is 32.2. The van der Waals surface area contributed by atoms with E-state index >= 15 is 0 Å². The zero-order valence-corrected chi connectivity index (χ0v) is 11.2. The molecule has 2 atom stereocenters. The van der Waals surface area contributed by atoms with Crippen molar-refractivity contribution >= 4 is 22.1 Å². The van der Waals surface area contributed by atoms with Crippen molar-refractivity contribution in [3.8, 4) is 0 Å². The van der Waals surface area contributed by atoms with Gasteiger partial charge in [0.2, 0.25) is 0 Å². The highest BCUT2D eigenvalue weighted by molar-refractivity contribution is 7.84. The van der Waals surface area contributed by atoms with E-state index in [9.17, 15) is 23.3 Å². The molecular formula is C10H10N2O8S. The zero-order chi connectivity index (χ0) is 15.6. The molecule has 0 bridgehead atoms. The Morgan fingerprint density at radius 3 is 2.62 bits per heavy atom. The number of cyclic esters (lactones) is 2. The molecule has 1 saturated heterocycles. The van der Waals surface area contributed by atoms with Crippen LogP contribution in [0.4, 0.5) is 10.5 Å². The molecule has 0 spiro atoms. The monoisotopic (exact) mass is 318 g/mol. The molecule has 0 aromatic heterocycles. The number of hydrogen-bond donors (Lipinski definition) is 1. The predicted molar refractivity (Wildman–Crippen MR) is 66.3 cm³/mol. The Hall–Kier alpha value is -2.24. The number of para-hydroxylation sites is 1. The van der Waals surface area contributed by atoms with E-state index in [2.05, 4.69) is 9.32 Å². The molecule has 1 aliphatic heterocycles. The first-order valence-electron chi connectivity index (χ1n) is 5.55. The smallest absolute Gasteiger partial charge is 0.424 e. The summed E-state index contributed by atoms with van der Waals surface area (Å²) in [5.74, 6) is 0. The normalized spacial score (nSPS) is 21.7. The van der Waals surface area contributed by atoms with Gasteiger partial charge in [0.15, 0.2) is 12.2 Å². The van der Waals surface area contributed by atoms with Crippen molar-refractivity contribution in [3.05, 3.63) is 39.9 Å². The van der Waals surface area contributed by atoms with Crippen LogP contribution < -0.4 is 5.14 Å². The van der Waals surface area contributed by atoms with Crippen LogP contribution in [0.3, 0.4) is 0 Å². The number of ether oxygens (including phenoxy) is 2. The summed E-state index contributed by atoms with van der Waals surface area (Å²) >= 11 is 0. The van der Waals surface area contributed by atoms with E-state index in [1.54, 1.807) is 0 Å². The maximum absolute atomic E-state index is 11.2. The average Bonchev–Trinajstić information content (AvgIpc) is 2.76. The lowest BCUT2D eigenvalue weighted by Crippen LogP contribution is -2.27. The fourth-order valence-corrected chi connectivity index (χ4v) is 2.16. The highest BCUT2D eigenvalue weighted by Gasteiger charge is 2.41. The number of rotatable bonds is 5. The molecule has 1 aliphatic rings. The highest BCUT2D eigenvalue weighted by Crippen LogP contribution is 2.35. The fraction of sp³-hybridized carbons (Fsp3) is 0.300. The molecule has 21 heavy (non-hydrogen) atoms. The minimum Gasteiger partial charge on any atom is -0.424 e. The number of benzene rings is 1. The third-order valence-electron chi connectivity index (χ3n) is 2.65. The van der Waals surface area contributed by atoms with Gasteiger partial charge in [0.05, 0.1) is 10.5 Å². The van der Waals surface area contributed by atoms with Crippen LogP contribution >= 0.6 is 0 Å². The summed E-state index contributed by atoms with van der Waals surface area (Å²) in [6, 6.07) is 5.54. The lowest BCUT2D eigenvalue weighted by atomic mass is 10.0. The van der Waals surface area contributed by atoms with Gasteiger partial charge < -0.3 is 9.47 Å². The second-order valence-corrected chi connectivity index (χ2v) is 5.26. The maximum Gasteiger partial charge on any atom is 0.509 e. The number of nitrogens with two attached hydrogens (primary N) is 1. The van der Waals surface area contributed by atoms with E-state index in [1.165, 1.54) is 24.3 Å². The Kier molecular flexibility index (Phi) is 4.06. The Morgan fingerprint density at radius 1 is 1.33 bits per heavy atom. The molecular weight excluding hydrogens is 308 g/mol. The van der Waals surface area contributed by atoms with E-state index in [0.717, 1.165) is 0 Å². The SMILES string of the molecule is NS(=O)(=O)OCC1OC(=O)OC1c1ccccc1[N+](=O)[O-]. The summed E-state index contributed by atoms with van der Waals surface area (Å²) in [5, 5.41) is 15.6.